The van der Waals surface area contributed by atoms with Crippen LogP contribution in [0, 0.1) is 0 Å². The second-order valence-electron chi connectivity index (χ2n) is 8.57. The quantitative estimate of drug-likeness (QED) is 0.309. The number of fused-ring (bicyclic) bond motifs is 1. The number of benzene rings is 3. The summed E-state index contributed by atoms with van der Waals surface area (Å²) < 4.78 is 18.8. The van der Waals surface area contributed by atoms with E-state index in [4.69, 9.17) is 30.8 Å². The molecule has 5 rings (SSSR count). The number of carbonyl (C=O) groups excluding carboxylic acids is 1. The number of thiazole rings is 1. The number of para-hydroxylation sites is 1. The molecule has 0 spiro atoms. The molecule has 7 nitrogen and oxygen atoms in total. The van der Waals surface area contributed by atoms with Crippen LogP contribution in [0.15, 0.2) is 88.2 Å². The summed E-state index contributed by atoms with van der Waals surface area (Å²) in [5, 5.41) is 0.602. The summed E-state index contributed by atoms with van der Waals surface area (Å²) in [7, 11) is 3.06. The zero-order chi connectivity index (χ0) is 27.5. The summed E-state index contributed by atoms with van der Waals surface area (Å²) in [6, 6.07) is 21.1. The molecule has 1 atom stereocenters. The maximum Gasteiger partial charge on any atom is 0.338 e. The number of ether oxygens (including phenoxy) is 3. The minimum absolute atomic E-state index is 0.160. The van der Waals surface area contributed by atoms with Crippen molar-refractivity contribution in [3.05, 3.63) is 120 Å². The number of rotatable bonds is 7. The van der Waals surface area contributed by atoms with E-state index in [-0.39, 0.29) is 17.7 Å². The van der Waals surface area contributed by atoms with Gasteiger partial charge < -0.3 is 14.2 Å². The number of aromatic nitrogens is 1. The predicted molar refractivity (Wildman–Crippen MR) is 152 cm³/mol. The van der Waals surface area contributed by atoms with Crippen LogP contribution in [0.25, 0.3) is 11.8 Å². The van der Waals surface area contributed by atoms with E-state index in [9.17, 15) is 9.59 Å². The van der Waals surface area contributed by atoms with Crippen molar-refractivity contribution in [2.24, 2.45) is 4.99 Å². The van der Waals surface area contributed by atoms with Gasteiger partial charge in [-0.15, -0.1) is 0 Å². The third-order valence-corrected chi connectivity index (χ3v) is 7.50. The fourth-order valence-corrected chi connectivity index (χ4v) is 5.70. The maximum atomic E-state index is 14.0. The van der Waals surface area contributed by atoms with Gasteiger partial charge in [-0.25, -0.2) is 9.79 Å². The molecule has 198 valence electrons. The minimum atomic E-state index is -0.882. The average molecular weight is 561 g/mol. The van der Waals surface area contributed by atoms with E-state index in [0.717, 1.165) is 11.1 Å². The van der Waals surface area contributed by atoms with Crippen molar-refractivity contribution in [1.82, 2.24) is 4.57 Å². The highest BCUT2D eigenvalue weighted by Crippen LogP contribution is 2.42. The molecule has 39 heavy (non-hydrogen) atoms. The van der Waals surface area contributed by atoms with E-state index in [1.165, 1.54) is 30.1 Å². The molecule has 1 unspecified atom stereocenters. The summed E-state index contributed by atoms with van der Waals surface area (Å²) in [6.07, 6.45) is 1.79. The van der Waals surface area contributed by atoms with E-state index in [2.05, 4.69) is 0 Å². The molecule has 1 aromatic heterocycles. The van der Waals surface area contributed by atoms with Gasteiger partial charge in [-0.1, -0.05) is 77.5 Å². The van der Waals surface area contributed by atoms with Crippen LogP contribution in [0.3, 0.4) is 0 Å². The number of carbonyl (C=O) groups is 1. The average Bonchev–Trinajstić information content (AvgIpc) is 3.27. The molecule has 0 N–H and O–H groups in total. The first-order chi connectivity index (χ1) is 19.0. The molecule has 0 aliphatic carbocycles. The Balaban J connectivity index is 1.88. The Hall–Kier alpha value is -4.14. The third-order valence-electron chi connectivity index (χ3n) is 6.27. The van der Waals surface area contributed by atoms with Crippen molar-refractivity contribution in [3.63, 3.8) is 0 Å². The van der Waals surface area contributed by atoms with Crippen molar-refractivity contribution < 1.29 is 19.0 Å². The Labute approximate surface area is 233 Å². The molecule has 0 bridgehead atoms. The molecule has 0 fully saturated rings. The van der Waals surface area contributed by atoms with Crippen LogP contribution in [-0.2, 0) is 9.53 Å². The Bertz CT molecular complexity index is 1740. The molecule has 3 aromatic carbocycles. The van der Waals surface area contributed by atoms with Crippen LogP contribution in [0.5, 0.6) is 11.5 Å². The molecule has 1 aliphatic rings. The van der Waals surface area contributed by atoms with Gasteiger partial charge in [0, 0.05) is 16.1 Å². The number of halogens is 1. The van der Waals surface area contributed by atoms with Gasteiger partial charge in [0.05, 0.1) is 36.6 Å². The zero-order valence-corrected chi connectivity index (χ0v) is 23.1. The van der Waals surface area contributed by atoms with Gasteiger partial charge >= 0.3 is 5.97 Å². The summed E-state index contributed by atoms with van der Waals surface area (Å²) in [6.45, 7) is 1.90. The van der Waals surface area contributed by atoms with E-state index in [0.29, 0.717) is 37.1 Å². The predicted octanol–water partition coefficient (Wildman–Crippen LogP) is 4.61. The molecule has 9 heteroatoms. The Kier molecular flexibility index (Phi) is 7.67. The van der Waals surface area contributed by atoms with Crippen LogP contribution in [0.2, 0.25) is 5.02 Å². The number of esters is 1. The Morgan fingerprint density at radius 1 is 1.03 bits per heavy atom. The summed E-state index contributed by atoms with van der Waals surface area (Å²) in [4.78, 5) is 32.9. The molecule has 4 aromatic rings. The lowest BCUT2D eigenvalue weighted by Crippen LogP contribution is -2.40. The largest absolute Gasteiger partial charge is 0.493 e. The summed E-state index contributed by atoms with van der Waals surface area (Å²) in [5.74, 6) is 0.315. The van der Waals surface area contributed by atoms with Crippen LogP contribution in [-0.4, -0.2) is 31.4 Å². The monoisotopic (exact) mass is 560 g/mol. The fourth-order valence-electron chi connectivity index (χ4n) is 4.57. The van der Waals surface area contributed by atoms with Crippen LogP contribution < -0.4 is 24.4 Å². The lowest BCUT2D eigenvalue weighted by molar-refractivity contribution is -0.138. The van der Waals surface area contributed by atoms with Gasteiger partial charge in [-0.3, -0.25) is 9.36 Å². The standard InChI is InChI=1S/C30H25ClN2O5S/c1-4-38-29(35)24-25(19-9-6-5-7-10-19)32-30-33(26(24)21-11-8-12-22(36-2)27(21)37-3)28(34)23(39-30)17-18-13-15-20(31)16-14-18/h5-17,26H,4H2,1-3H3. The van der Waals surface area contributed by atoms with Crippen molar-refractivity contribution in [1.29, 1.82) is 0 Å². The Morgan fingerprint density at radius 2 is 1.77 bits per heavy atom. The second kappa shape index (κ2) is 11.3. The van der Waals surface area contributed by atoms with Crippen LogP contribution in [0.4, 0.5) is 0 Å². The number of methoxy groups -OCH3 is 2. The smallest absolute Gasteiger partial charge is 0.338 e. The highest BCUT2D eigenvalue weighted by molar-refractivity contribution is 7.07. The van der Waals surface area contributed by atoms with Crippen molar-refractivity contribution in [3.8, 4) is 11.5 Å². The first kappa shape index (κ1) is 26.5. The van der Waals surface area contributed by atoms with Crippen molar-refractivity contribution >= 4 is 40.7 Å². The molecular weight excluding hydrogens is 536 g/mol. The molecule has 2 heterocycles. The number of hydrogen-bond acceptors (Lipinski definition) is 7. The highest BCUT2D eigenvalue weighted by Gasteiger charge is 2.37. The SMILES string of the molecule is CCOC(=O)C1=C(c2ccccc2)N=c2sc(=Cc3ccc(Cl)cc3)c(=O)n2C1c1cccc(OC)c1OC. The van der Waals surface area contributed by atoms with E-state index in [1.54, 1.807) is 37.3 Å². The maximum absolute atomic E-state index is 14.0. The highest BCUT2D eigenvalue weighted by atomic mass is 35.5. The van der Waals surface area contributed by atoms with Gasteiger partial charge in [0.15, 0.2) is 16.3 Å². The Morgan fingerprint density at radius 3 is 2.44 bits per heavy atom. The van der Waals surface area contributed by atoms with Gasteiger partial charge in [-0.05, 0) is 36.8 Å². The molecule has 1 aliphatic heterocycles. The lowest BCUT2D eigenvalue weighted by atomic mass is 9.92. The number of nitrogens with zero attached hydrogens (tertiary/aromatic N) is 2. The van der Waals surface area contributed by atoms with E-state index >= 15 is 0 Å². The van der Waals surface area contributed by atoms with Gasteiger partial charge in [0.1, 0.15) is 6.04 Å². The molecule has 0 saturated carbocycles. The third kappa shape index (κ3) is 5.01. The van der Waals surface area contributed by atoms with Crippen molar-refractivity contribution in [2.45, 2.75) is 13.0 Å². The first-order valence-electron chi connectivity index (χ1n) is 12.2. The van der Waals surface area contributed by atoms with Gasteiger partial charge in [0.2, 0.25) is 0 Å². The van der Waals surface area contributed by atoms with Gasteiger partial charge in [0.25, 0.3) is 5.56 Å². The first-order valence-corrected chi connectivity index (χ1v) is 13.4. The molecule has 0 amide bonds. The van der Waals surface area contributed by atoms with E-state index in [1.807, 2.05) is 48.5 Å². The van der Waals surface area contributed by atoms with Crippen LogP contribution in [0.1, 0.15) is 29.7 Å². The minimum Gasteiger partial charge on any atom is -0.493 e. The topological polar surface area (TPSA) is 79.1 Å². The summed E-state index contributed by atoms with van der Waals surface area (Å²) in [5.41, 5.74) is 2.49. The molecule has 0 saturated heterocycles. The molecule has 0 radical (unpaired) electrons. The fraction of sp³-hybridized carbons (Fsp3) is 0.167. The molecular formula is C30H25ClN2O5S. The van der Waals surface area contributed by atoms with E-state index < -0.39 is 12.0 Å². The van der Waals surface area contributed by atoms with Gasteiger partial charge in [-0.2, -0.15) is 0 Å². The lowest BCUT2D eigenvalue weighted by Gasteiger charge is -2.27. The normalized spacial score (nSPS) is 15.0. The number of hydrogen-bond donors (Lipinski definition) is 0. The summed E-state index contributed by atoms with van der Waals surface area (Å²) >= 11 is 7.30. The second-order valence-corrected chi connectivity index (χ2v) is 10.0. The van der Waals surface area contributed by atoms with Crippen LogP contribution >= 0.6 is 22.9 Å². The zero-order valence-electron chi connectivity index (χ0n) is 21.5. The van der Waals surface area contributed by atoms with Crippen molar-refractivity contribution in [2.75, 3.05) is 20.8 Å².